The first kappa shape index (κ1) is 13.2. The van der Waals surface area contributed by atoms with E-state index in [1.807, 2.05) is 0 Å². The van der Waals surface area contributed by atoms with E-state index >= 15 is 0 Å². The number of hydrogen-bond acceptors (Lipinski definition) is 4. The molecule has 0 saturated heterocycles. The van der Waals surface area contributed by atoms with Crippen LogP contribution in [0.15, 0.2) is 34.9 Å². The van der Waals surface area contributed by atoms with Crippen LogP contribution in [0.5, 0.6) is 11.5 Å². The highest BCUT2D eigenvalue weighted by Crippen LogP contribution is 2.39. The Morgan fingerprint density at radius 2 is 2.05 bits per heavy atom. The Morgan fingerprint density at radius 3 is 2.80 bits per heavy atom. The van der Waals surface area contributed by atoms with E-state index < -0.39 is 0 Å². The van der Waals surface area contributed by atoms with Gasteiger partial charge in [-0.2, -0.15) is 0 Å². The highest BCUT2D eigenvalue weighted by molar-refractivity contribution is 9.10. The molecule has 7 heteroatoms. The third-order valence-electron chi connectivity index (χ3n) is 2.66. The number of carbonyl (C=O) groups excluding carboxylic acids is 1. The number of anilines is 1. The van der Waals surface area contributed by atoms with Crippen LogP contribution in [0.25, 0.3) is 0 Å². The van der Waals surface area contributed by atoms with Crippen LogP contribution >= 0.6 is 27.5 Å². The molecule has 1 amide bonds. The second-order valence-corrected chi connectivity index (χ2v) is 5.20. The minimum absolute atomic E-state index is 0.149. The van der Waals surface area contributed by atoms with Crippen molar-refractivity contribution in [1.82, 2.24) is 4.98 Å². The molecule has 2 heterocycles. The van der Waals surface area contributed by atoms with Crippen LogP contribution in [0.4, 0.5) is 5.69 Å². The van der Waals surface area contributed by atoms with Crippen molar-refractivity contribution in [2.75, 3.05) is 12.1 Å². The van der Waals surface area contributed by atoms with Gasteiger partial charge in [0.1, 0.15) is 10.3 Å². The summed E-state index contributed by atoms with van der Waals surface area (Å²) in [6, 6.07) is 8.31. The lowest BCUT2D eigenvalue weighted by Gasteiger charge is -2.08. The van der Waals surface area contributed by atoms with E-state index in [-0.39, 0.29) is 18.4 Å². The molecule has 1 aromatic heterocycles. The van der Waals surface area contributed by atoms with Crippen molar-refractivity contribution in [2.45, 2.75) is 0 Å². The Labute approximate surface area is 128 Å². The molecule has 1 N–H and O–H groups in total. The van der Waals surface area contributed by atoms with Gasteiger partial charge < -0.3 is 14.8 Å². The average molecular weight is 356 g/mol. The zero-order chi connectivity index (χ0) is 14.1. The van der Waals surface area contributed by atoms with E-state index in [0.717, 1.165) is 0 Å². The fourth-order valence-electron chi connectivity index (χ4n) is 1.73. The smallest absolute Gasteiger partial charge is 0.274 e. The van der Waals surface area contributed by atoms with Gasteiger partial charge in [0.15, 0.2) is 11.5 Å². The van der Waals surface area contributed by atoms with Crippen LogP contribution in [0.3, 0.4) is 0 Å². The Morgan fingerprint density at radius 1 is 1.30 bits per heavy atom. The van der Waals surface area contributed by atoms with Gasteiger partial charge in [0.05, 0.1) is 10.7 Å². The minimum atomic E-state index is -0.355. The topological polar surface area (TPSA) is 60.5 Å². The maximum atomic E-state index is 12.1. The van der Waals surface area contributed by atoms with E-state index in [9.17, 15) is 4.79 Å². The molecule has 0 radical (unpaired) electrons. The van der Waals surface area contributed by atoms with Crippen molar-refractivity contribution in [2.24, 2.45) is 0 Å². The molecule has 0 fully saturated rings. The molecule has 3 rings (SSSR count). The van der Waals surface area contributed by atoms with Crippen LogP contribution in [-0.4, -0.2) is 17.7 Å². The summed E-state index contributed by atoms with van der Waals surface area (Å²) in [7, 11) is 0. The number of nitrogens with zero attached hydrogens (tertiary/aromatic N) is 1. The van der Waals surface area contributed by atoms with Gasteiger partial charge in [0.2, 0.25) is 6.79 Å². The molecule has 102 valence electrons. The Bertz CT molecular complexity index is 693. The molecule has 0 spiro atoms. The third-order valence-corrected chi connectivity index (χ3v) is 3.41. The van der Waals surface area contributed by atoms with Crippen molar-refractivity contribution in [3.63, 3.8) is 0 Å². The lowest BCUT2D eigenvalue weighted by atomic mass is 10.2. The number of halogens is 2. The van der Waals surface area contributed by atoms with Gasteiger partial charge in [-0.05, 0) is 28.1 Å². The molecular formula is C13H8BrClN2O3. The number of amides is 1. The standard InChI is InChI=1S/C13H8BrClN2O3/c14-12-3-1-2-8(16-12)13(18)17-9-5-11-10(4-7(9)15)19-6-20-11/h1-5H,6H2,(H,17,18). The highest BCUT2D eigenvalue weighted by atomic mass is 79.9. The molecule has 0 bridgehead atoms. The number of rotatable bonds is 2. The fourth-order valence-corrected chi connectivity index (χ4v) is 2.28. The molecule has 0 unspecified atom stereocenters. The predicted octanol–water partition coefficient (Wildman–Crippen LogP) is 3.48. The number of aromatic nitrogens is 1. The van der Waals surface area contributed by atoms with Gasteiger partial charge in [0, 0.05) is 12.1 Å². The summed E-state index contributed by atoms with van der Waals surface area (Å²) in [6.07, 6.45) is 0. The molecule has 0 atom stereocenters. The van der Waals surface area contributed by atoms with Gasteiger partial charge in [-0.3, -0.25) is 4.79 Å². The lowest BCUT2D eigenvalue weighted by Crippen LogP contribution is -2.13. The third kappa shape index (κ3) is 2.57. The molecule has 1 aliphatic heterocycles. The largest absolute Gasteiger partial charge is 0.454 e. The second-order valence-electron chi connectivity index (χ2n) is 3.98. The Balaban J connectivity index is 1.86. The van der Waals surface area contributed by atoms with Crippen molar-refractivity contribution >= 4 is 39.1 Å². The van der Waals surface area contributed by atoms with Gasteiger partial charge in [0.25, 0.3) is 5.91 Å². The predicted molar refractivity (Wildman–Crippen MR) is 77.5 cm³/mol. The molecule has 1 aromatic carbocycles. The van der Waals surface area contributed by atoms with Crippen molar-refractivity contribution in [3.05, 3.63) is 45.7 Å². The van der Waals surface area contributed by atoms with E-state index in [2.05, 4.69) is 26.2 Å². The van der Waals surface area contributed by atoms with Crippen molar-refractivity contribution in [1.29, 1.82) is 0 Å². The molecular weight excluding hydrogens is 348 g/mol. The quantitative estimate of drug-likeness (QED) is 0.838. The first-order chi connectivity index (χ1) is 9.63. The molecule has 20 heavy (non-hydrogen) atoms. The van der Waals surface area contributed by atoms with Crippen LogP contribution in [0.1, 0.15) is 10.5 Å². The number of benzene rings is 1. The van der Waals surface area contributed by atoms with Gasteiger partial charge in [-0.25, -0.2) is 4.98 Å². The number of pyridine rings is 1. The Hall–Kier alpha value is -1.79. The summed E-state index contributed by atoms with van der Waals surface area (Å²) < 4.78 is 11.0. The average Bonchev–Trinajstić information content (AvgIpc) is 2.86. The van der Waals surface area contributed by atoms with E-state index in [1.165, 1.54) is 0 Å². The summed E-state index contributed by atoms with van der Waals surface area (Å²) in [5.74, 6) is 0.757. The maximum absolute atomic E-state index is 12.1. The molecule has 1 aliphatic rings. The number of fused-ring (bicyclic) bond motifs is 1. The van der Waals surface area contributed by atoms with E-state index in [1.54, 1.807) is 30.3 Å². The number of hydrogen-bond donors (Lipinski definition) is 1. The summed E-state index contributed by atoms with van der Waals surface area (Å²) in [6.45, 7) is 0.149. The number of ether oxygens (including phenoxy) is 2. The second kappa shape index (κ2) is 5.30. The molecule has 0 aliphatic carbocycles. The summed E-state index contributed by atoms with van der Waals surface area (Å²) in [5.41, 5.74) is 0.732. The number of carbonyl (C=O) groups is 1. The normalized spacial score (nSPS) is 12.3. The first-order valence-corrected chi connectivity index (χ1v) is 6.83. The lowest BCUT2D eigenvalue weighted by molar-refractivity contribution is 0.102. The van der Waals surface area contributed by atoms with E-state index in [0.29, 0.717) is 26.8 Å². The van der Waals surface area contributed by atoms with E-state index in [4.69, 9.17) is 21.1 Å². The van der Waals surface area contributed by atoms with Crippen molar-refractivity contribution < 1.29 is 14.3 Å². The van der Waals surface area contributed by atoms with Crippen LogP contribution in [-0.2, 0) is 0 Å². The Kier molecular flexibility index (Phi) is 3.50. The molecule has 2 aromatic rings. The zero-order valence-corrected chi connectivity index (χ0v) is 12.4. The van der Waals surface area contributed by atoms with Gasteiger partial charge in [-0.15, -0.1) is 0 Å². The minimum Gasteiger partial charge on any atom is -0.454 e. The first-order valence-electron chi connectivity index (χ1n) is 5.66. The highest BCUT2D eigenvalue weighted by Gasteiger charge is 2.18. The summed E-state index contributed by atoms with van der Waals surface area (Å²) in [4.78, 5) is 16.2. The number of nitrogens with one attached hydrogen (secondary N) is 1. The maximum Gasteiger partial charge on any atom is 0.274 e. The van der Waals surface area contributed by atoms with Crippen LogP contribution in [0.2, 0.25) is 5.02 Å². The molecule has 0 saturated carbocycles. The monoisotopic (exact) mass is 354 g/mol. The zero-order valence-electron chi connectivity index (χ0n) is 10.0. The van der Waals surface area contributed by atoms with Crippen LogP contribution in [0, 0.1) is 0 Å². The summed E-state index contributed by atoms with van der Waals surface area (Å²) >= 11 is 9.31. The SMILES string of the molecule is O=C(Nc1cc2c(cc1Cl)OCO2)c1cccc(Br)n1. The summed E-state index contributed by atoms with van der Waals surface area (Å²) in [5, 5.41) is 3.07. The molecule has 5 nitrogen and oxygen atoms in total. The van der Waals surface area contributed by atoms with Crippen molar-refractivity contribution in [3.8, 4) is 11.5 Å². The van der Waals surface area contributed by atoms with Gasteiger partial charge >= 0.3 is 0 Å². The van der Waals surface area contributed by atoms with Crippen LogP contribution < -0.4 is 14.8 Å². The van der Waals surface area contributed by atoms with Gasteiger partial charge in [-0.1, -0.05) is 17.7 Å². The fraction of sp³-hybridized carbons (Fsp3) is 0.0769.